The van der Waals surface area contributed by atoms with E-state index in [1.54, 1.807) is 12.1 Å². The molecule has 0 fully saturated rings. The molecule has 0 aliphatic rings. The smallest absolute Gasteiger partial charge is 0.303 e. The molecule has 1 aromatic carbocycles. The molecule has 1 rings (SSSR count). The normalized spacial score (nSPS) is 11.9. The third kappa shape index (κ3) is 4.87. The number of carbonyl (C=O) groups is 2. The Morgan fingerprint density at radius 3 is 2.41 bits per heavy atom. The van der Waals surface area contributed by atoms with E-state index in [1.807, 2.05) is 19.1 Å². The van der Waals surface area contributed by atoms with E-state index >= 15 is 0 Å². The summed E-state index contributed by atoms with van der Waals surface area (Å²) >= 11 is 5.75. The molecule has 0 radical (unpaired) electrons. The molecular weight excluding hydrogens is 242 g/mol. The zero-order valence-corrected chi connectivity index (χ0v) is 10.2. The standard InChI is InChI=1S/C12H14ClNO3/c1-8(9-2-4-10(13)5-3-9)14-11(15)6-7-12(16)17/h2-5,8H,6-7H2,1H3,(H,14,15)(H,16,17). The van der Waals surface area contributed by atoms with E-state index in [1.165, 1.54) is 0 Å². The number of carbonyl (C=O) groups excluding carboxylic acids is 1. The molecule has 0 aliphatic carbocycles. The van der Waals surface area contributed by atoms with Gasteiger partial charge in [0.25, 0.3) is 0 Å². The van der Waals surface area contributed by atoms with Gasteiger partial charge in [-0.25, -0.2) is 0 Å². The summed E-state index contributed by atoms with van der Waals surface area (Å²) in [6.07, 6.45) is -0.160. The number of halogens is 1. The van der Waals surface area contributed by atoms with Gasteiger partial charge in [0, 0.05) is 11.4 Å². The number of aliphatic carboxylic acids is 1. The molecule has 1 amide bonds. The average molecular weight is 256 g/mol. The van der Waals surface area contributed by atoms with Crippen molar-refractivity contribution in [1.29, 1.82) is 0 Å². The van der Waals surface area contributed by atoms with Crippen molar-refractivity contribution in [2.75, 3.05) is 0 Å². The van der Waals surface area contributed by atoms with Gasteiger partial charge >= 0.3 is 5.97 Å². The number of benzene rings is 1. The predicted molar refractivity (Wildman–Crippen MR) is 64.9 cm³/mol. The molecule has 2 N–H and O–H groups in total. The number of amides is 1. The molecule has 5 heteroatoms. The second-order valence-electron chi connectivity index (χ2n) is 3.73. The largest absolute Gasteiger partial charge is 0.481 e. The summed E-state index contributed by atoms with van der Waals surface area (Å²) < 4.78 is 0. The van der Waals surface area contributed by atoms with Gasteiger partial charge in [0.05, 0.1) is 12.5 Å². The van der Waals surface area contributed by atoms with Gasteiger partial charge in [-0.05, 0) is 24.6 Å². The maximum atomic E-state index is 11.4. The molecule has 0 saturated carbocycles. The zero-order chi connectivity index (χ0) is 12.8. The van der Waals surface area contributed by atoms with Gasteiger partial charge in [-0.15, -0.1) is 0 Å². The van der Waals surface area contributed by atoms with Crippen LogP contribution in [0.4, 0.5) is 0 Å². The lowest BCUT2D eigenvalue weighted by Crippen LogP contribution is -2.26. The first-order valence-electron chi connectivity index (χ1n) is 5.25. The van der Waals surface area contributed by atoms with E-state index in [-0.39, 0.29) is 24.8 Å². The van der Waals surface area contributed by atoms with Crippen LogP contribution in [0.3, 0.4) is 0 Å². The molecule has 0 spiro atoms. The summed E-state index contributed by atoms with van der Waals surface area (Å²) in [6, 6.07) is 6.98. The van der Waals surface area contributed by atoms with Gasteiger partial charge in [0.1, 0.15) is 0 Å². The Kier molecular flexibility index (Phi) is 4.97. The SMILES string of the molecule is CC(NC(=O)CCC(=O)O)c1ccc(Cl)cc1. The molecule has 0 aromatic heterocycles. The van der Waals surface area contributed by atoms with Crippen molar-refractivity contribution in [1.82, 2.24) is 5.32 Å². The number of rotatable bonds is 5. The Morgan fingerprint density at radius 2 is 1.88 bits per heavy atom. The highest BCUT2D eigenvalue weighted by Crippen LogP contribution is 2.16. The van der Waals surface area contributed by atoms with E-state index in [0.717, 1.165) is 5.56 Å². The monoisotopic (exact) mass is 255 g/mol. The van der Waals surface area contributed by atoms with Crippen molar-refractivity contribution in [3.05, 3.63) is 34.9 Å². The van der Waals surface area contributed by atoms with Crippen LogP contribution in [-0.4, -0.2) is 17.0 Å². The lowest BCUT2D eigenvalue weighted by molar-refractivity contribution is -0.138. The van der Waals surface area contributed by atoms with E-state index in [0.29, 0.717) is 5.02 Å². The summed E-state index contributed by atoms with van der Waals surface area (Å²) in [7, 11) is 0. The number of hydrogen-bond donors (Lipinski definition) is 2. The van der Waals surface area contributed by atoms with Crippen LogP contribution in [0.15, 0.2) is 24.3 Å². The lowest BCUT2D eigenvalue weighted by atomic mass is 10.1. The summed E-state index contributed by atoms with van der Waals surface area (Å²) in [4.78, 5) is 21.7. The molecule has 0 saturated heterocycles. The molecule has 0 bridgehead atoms. The van der Waals surface area contributed by atoms with E-state index in [9.17, 15) is 9.59 Å². The number of carboxylic acids is 1. The molecule has 92 valence electrons. The lowest BCUT2D eigenvalue weighted by Gasteiger charge is -2.14. The Balaban J connectivity index is 2.48. The molecular formula is C12H14ClNO3. The quantitative estimate of drug-likeness (QED) is 0.849. The van der Waals surface area contributed by atoms with Crippen LogP contribution in [0.1, 0.15) is 31.4 Å². The fourth-order valence-electron chi connectivity index (χ4n) is 1.37. The first kappa shape index (κ1) is 13.5. The predicted octanol–water partition coefficient (Wildman–Crippen LogP) is 2.38. The highest BCUT2D eigenvalue weighted by molar-refractivity contribution is 6.30. The molecule has 1 atom stereocenters. The van der Waals surface area contributed by atoms with Gasteiger partial charge in [-0.2, -0.15) is 0 Å². The fraction of sp³-hybridized carbons (Fsp3) is 0.333. The van der Waals surface area contributed by atoms with Crippen molar-refractivity contribution in [2.24, 2.45) is 0 Å². The van der Waals surface area contributed by atoms with Crippen LogP contribution in [0.25, 0.3) is 0 Å². The van der Waals surface area contributed by atoms with Crippen LogP contribution in [0.5, 0.6) is 0 Å². The highest BCUT2D eigenvalue weighted by atomic mass is 35.5. The van der Waals surface area contributed by atoms with Crippen molar-refractivity contribution < 1.29 is 14.7 Å². The second-order valence-corrected chi connectivity index (χ2v) is 4.17. The van der Waals surface area contributed by atoms with Crippen molar-refractivity contribution in [3.8, 4) is 0 Å². The summed E-state index contributed by atoms with van der Waals surface area (Å²) in [5.41, 5.74) is 0.929. The summed E-state index contributed by atoms with van der Waals surface area (Å²) in [5.74, 6) is -1.24. The highest BCUT2D eigenvalue weighted by Gasteiger charge is 2.10. The molecule has 4 nitrogen and oxygen atoms in total. The molecule has 1 unspecified atom stereocenters. The minimum atomic E-state index is -0.973. The Bertz CT molecular complexity index is 403. The van der Waals surface area contributed by atoms with Crippen LogP contribution < -0.4 is 5.32 Å². The molecule has 1 aromatic rings. The van der Waals surface area contributed by atoms with Gasteiger partial charge < -0.3 is 10.4 Å². The van der Waals surface area contributed by atoms with Crippen molar-refractivity contribution in [3.63, 3.8) is 0 Å². The molecule has 0 heterocycles. The first-order valence-corrected chi connectivity index (χ1v) is 5.63. The maximum absolute atomic E-state index is 11.4. The van der Waals surface area contributed by atoms with E-state index in [4.69, 9.17) is 16.7 Å². The third-order valence-electron chi connectivity index (χ3n) is 2.31. The van der Waals surface area contributed by atoms with Gasteiger partial charge in [0.2, 0.25) is 5.91 Å². The van der Waals surface area contributed by atoms with Crippen molar-refractivity contribution >= 4 is 23.5 Å². The second kappa shape index (κ2) is 6.25. The summed E-state index contributed by atoms with van der Waals surface area (Å²) in [5, 5.41) is 11.8. The van der Waals surface area contributed by atoms with Gasteiger partial charge in [-0.1, -0.05) is 23.7 Å². The average Bonchev–Trinajstić information content (AvgIpc) is 2.27. The van der Waals surface area contributed by atoms with Crippen LogP contribution in [0.2, 0.25) is 5.02 Å². The molecule has 0 aliphatic heterocycles. The fourth-order valence-corrected chi connectivity index (χ4v) is 1.49. The minimum Gasteiger partial charge on any atom is -0.481 e. The maximum Gasteiger partial charge on any atom is 0.303 e. The number of carboxylic acid groups (broad SMARTS) is 1. The Hall–Kier alpha value is -1.55. The molecule has 17 heavy (non-hydrogen) atoms. The van der Waals surface area contributed by atoms with Crippen LogP contribution >= 0.6 is 11.6 Å². The van der Waals surface area contributed by atoms with Gasteiger partial charge in [0.15, 0.2) is 0 Å². The Labute approximate surface area is 105 Å². The van der Waals surface area contributed by atoms with E-state index in [2.05, 4.69) is 5.32 Å². The van der Waals surface area contributed by atoms with Crippen LogP contribution in [0, 0.1) is 0 Å². The van der Waals surface area contributed by atoms with Crippen molar-refractivity contribution in [2.45, 2.75) is 25.8 Å². The zero-order valence-electron chi connectivity index (χ0n) is 9.44. The number of nitrogens with one attached hydrogen (secondary N) is 1. The third-order valence-corrected chi connectivity index (χ3v) is 2.57. The van der Waals surface area contributed by atoms with E-state index < -0.39 is 5.97 Å². The summed E-state index contributed by atoms with van der Waals surface area (Å²) in [6.45, 7) is 1.84. The number of hydrogen-bond acceptors (Lipinski definition) is 2. The topological polar surface area (TPSA) is 66.4 Å². The Morgan fingerprint density at radius 1 is 1.29 bits per heavy atom. The van der Waals surface area contributed by atoms with Gasteiger partial charge in [-0.3, -0.25) is 9.59 Å². The minimum absolute atomic E-state index is 0.00668. The van der Waals surface area contributed by atoms with Crippen LogP contribution in [-0.2, 0) is 9.59 Å². The first-order chi connectivity index (χ1) is 7.99.